The normalized spacial score (nSPS) is 25.0. The molecule has 2 aromatic carbocycles. The predicted molar refractivity (Wildman–Crippen MR) is 104 cm³/mol. The Labute approximate surface area is 160 Å². The van der Waals surface area contributed by atoms with Crippen LogP contribution >= 0.6 is 0 Å². The molecule has 144 valence electrons. The predicted octanol–water partition coefficient (Wildman–Crippen LogP) is 4.17. The number of nitrogens with one attached hydrogen (secondary N) is 1. The number of benzene rings is 2. The van der Waals surface area contributed by atoms with E-state index in [-0.39, 0.29) is 24.2 Å². The Bertz CT molecular complexity index is 707. The minimum absolute atomic E-state index is 0.119. The highest BCUT2D eigenvalue weighted by atomic mass is 16.6. The van der Waals surface area contributed by atoms with Gasteiger partial charge in [-0.3, -0.25) is 0 Å². The van der Waals surface area contributed by atoms with Gasteiger partial charge in [0.15, 0.2) is 0 Å². The Morgan fingerprint density at radius 1 is 1.11 bits per heavy atom. The summed E-state index contributed by atoms with van der Waals surface area (Å²) in [6.07, 6.45) is 0.388. The van der Waals surface area contributed by atoms with E-state index in [2.05, 4.69) is 19.2 Å². The Kier molecular flexibility index (Phi) is 6.85. The average molecular weight is 369 g/mol. The monoisotopic (exact) mass is 369 g/mol. The zero-order valence-corrected chi connectivity index (χ0v) is 15.8. The molecule has 3 rings (SSSR count). The first-order valence-corrected chi connectivity index (χ1v) is 9.48. The van der Waals surface area contributed by atoms with Crippen molar-refractivity contribution in [2.45, 2.75) is 45.1 Å². The van der Waals surface area contributed by atoms with Crippen molar-refractivity contribution in [3.63, 3.8) is 0 Å². The van der Waals surface area contributed by atoms with Crippen molar-refractivity contribution in [3.05, 3.63) is 66.2 Å². The third kappa shape index (κ3) is 5.31. The molecule has 0 aliphatic carbocycles. The molecule has 5 heteroatoms. The van der Waals surface area contributed by atoms with Crippen LogP contribution in [0.1, 0.15) is 25.8 Å². The van der Waals surface area contributed by atoms with Crippen LogP contribution in [0.15, 0.2) is 60.7 Å². The van der Waals surface area contributed by atoms with E-state index in [1.165, 1.54) is 0 Å². The molecule has 1 aliphatic heterocycles. The Morgan fingerprint density at radius 3 is 2.44 bits per heavy atom. The van der Waals surface area contributed by atoms with Gasteiger partial charge in [0.1, 0.15) is 5.75 Å². The van der Waals surface area contributed by atoms with E-state index in [9.17, 15) is 4.79 Å². The molecule has 1 aliphatic rings. The molecule has 1 amide bonds. The van der Waals surface area contributed by atoms with Crippen LogP contribution in [0.5, 0.6) is 5.75 Å². The number of rotatable bonds is 6. The molecule has 0 unspecified atom stereocenters. The summed E-state index contributed by atoms with van der Waals surface area (Å²) in [5.74, 6) is 0.669. The topological polar surface area (TPSA) is 56.8 Å². The molecule has 5 nitrogen and oxygen atoms in total. The lowest BCUT2D eigenvalue weighted by Crippen LogP contribution is -2.57. The zero-order chi connectivity index (χ0) is 19.1. The number of hydrogen-bond donors (Lipinski definition) is 1. The molecule has 1 saturated heterocycles. The fourth-order valence-corrected chi connectivity index (χ4v) is 3.48. The average Bonchev–Trinajstić information content (AvgIpc) is 2.69. The molecular formula is C22H27NO4. The first-order chi connectivity index (χ1) is 13.2. The Morgan fingerprint density at radius 2 is 1.78 bits per heavy atom. The molecular weight excluding hydrogens is 342 g/mol. The molecule has 1 fully saturated rings. The summed E-state index contributed by atoms with van der Waals surface area (Å²) in [6, 6.07) is 18.8. The summed E-state index contributed by atoms with van der Waals surface area (Å²) in [6.45, 7) is 5.12. The van der Waals surface area contributed by atoms with E-state index in [0.717, 1.165) is 12.0 Å². The summed E-state index contributed by atoms with van der Waals surface area (Å²) in [5, 5.41) is 2.92. The van der Waals surface area contributed by atoms with Crippen molar-refractivity contribution in [1.29, 1.82) is 0 Å². The summed E-state index contributed by atoms with van der Waals surface area (Å²) in [5.41, 5.74) is 1.11. The van der Waals surface area contributed by atoms with Crippen LogP contribution < -0.4 is 10.1 Å². The van der Waals surface area contributed by atoms with Gasteiger partial charge in [-0.05, 0) is 24.1 Å². The van der Waals surface area contributed by atoms with Gasteiger partial charge >= 0.3 is 6.09 Å². The van der Waals surface area contributed by atoms with Crippen LogP contribution in [-0.4, -0.2) is 30.9 Å². The summed E-state index contributed by atoms with van der Waals surface area (Å²) < 4.78 is 17.5. The number of amides is 1. The molecule has 2 aromatic rings. The van der Waals surface area contributed by atoms with Gasteiger partial charge in [0.25, 0.3) is 0 Å². The van der Waals surface area contributed by atoms with Crippen LogP contribution in [0.2, 0.25) is 0 Å². The van der Waals surface area contributed by atoms with Crippen LogP contribution in [0.25, 0.3) is 0 Å². The second-order valence-corrected chi connectivity index (χ2v) is 6.85. The number of carbonyl (C=O) groups excluding carboxylic acids is 1. The summed E-state index contributed by atoms with van der Waals surface area (Å²) in [7, 11) is 0. The first kappa shape index (κ1) is 19.4. The quantitative estimate of drug-likeness (QED) is 0.830. The highest BCUT2D eigenvalue weighted by molar-refractivity contribution is 5.70. The minimum Gasteiger partial charge on any atom is -0.410 e. The number of para-hydroxylation sites is 1. The van der Waals surface area contributed by atoms with Gasteiger partial charge in [-0.1, -0.05) is 62.4 Å². The van der Waals surface area contributed by atoms with Crippen molar-refractivity contribution >= 4 is 6.09 Å². The SMILES string of the molecule is CC[C@H]1OC[C@@H](NC(=O)Oc2ccccc2)[C@@H](OCc2ccccc2)[C@H]1C. The van der Waals surface area contributed by atoms with E-state index in [1.807, 2.05) is 48.5 Å². The van der Waals surface area contributed by atoms with Gasteiger partial charge < -0.3 is 19.5 Å². The highest BCUT2D eigenvalue weighted by Crippen LogP contribution is 2.27. The number of carbonyl (C=O) groups is 1. The van der Waals surface area contributed by atoms with Gasteiger partial charge in [-0.15, -0.1) is 0 Å². The molecule has 4 atom stereocenters. The molecule has 0 aromatic heterocycles. The van der Waals surface area contributed by atoms with Crippen molar-refractivity contribution in [2.75, 3.05) is 6.61 Å². The van der Waals surface area contributed by atoms with E-state index in [1.54, 1.807) is 12.1 Å². The minimum atomic E-state index is -0.495. The van der Waals surface area contributed by atoms with Crippen molar-refractivity contribution in [2.24, 2.45) is 5.92 Å². The van der Waals surface area contributed by atoms with Crippen LogP contribution in [0.3, 0.4) is 0 Å². The van der Waals surface area contributed by atoms with Gasteiger partial charge in [0.2, 0.25) is 0 Å². The fourth-order valence-electron chi connectivity index (χ4n) is 3.48. The van der Waals surface area contributed by atoms with E-state index < -0.39 is 6.09 Å². The van der Waals surface area contributed by atoms with Crippen molar-refractivity contribution in [3.8, 4) is 5.75 Å². The smallest absolute Gasteiger partial charge is 0.410 e. The molecule has 0 bridgehead atoms. The summed E-state index contributed by atoms with van der Waals surface area (Å²) >= 11 is 0. The third-order valence-corrected chi connectivity index (χ3v) is 4.94. The van der Waals surface area contributed by atoms with Crippen LogP contribution in [0, 0.1) is 5.92 Å². The van der Waals surface area contributed by atoms with Gasteiger partial charge in [0, 0.05) is 5.92 Å². The van der Waals surface area contributed by atoms with E-state index in [4.69, 9.17) is 14.2 Å². The maximum absolute atomic E-state index is 12.3. The maximum atomic E-state index is 12.3. The molecule has 0 saturated carbocycles. The first-order valence-electron chi connectivity index (χ1n) is 9.48. The molecule has 0 spiro atoms. The molecule has 27 heavy (non-hydrogen) atoms. The van der Waals surface area contributed by atoms with Gasteiger partial charge in [-0.2, -0.15) is 0 Å². The Balaban J connectivity index is 1.64. The standard InChI is InChI=1S/C22H27NO4/c1-3-20-16(2)21(26-14-17-10-6-4-7-11-17)19(15-25-20)23-22(24)27-18-12-8-5-9-13-18/h4-13,16,19-21H,3,14-15H2,1-2H3,(H,23,24)/t16-,19+,20+,21-/m0/s1. The van der Waals surface area contributed by atoms with Crippen molar-refractivity contribution < 1.29 is 19.0 Å². The lowest BCUT2D eigenvalue weighted by molar-refractivity contribution is -0.133. The van der Waals surface area contributed by atoms with E-state index in [0.29, 0.717) is 19.0 Å². The van der Waals surface area contributed by atoms with Gasteiger partial charge in [0.05, 0.1) is 31.5 Å². The van der Waals surface area contributed by atoms with E-state index >= 15 is 0 Å². The largest absolute Gasteiger partial charge is 0.412 e. The zero-order valence-electron chi connectivity index (χ0n) is 15.8. The molecule has 1 N–H and O–H groups in total. The van der Waals surface area contributed by atoms with Crippen molar-refractivity contribution in [1.82, 2.24) is 5.32 Å². The number of ether oxygens (including phenoxy) is 3. The van der Waals surface area contributed by atoms with Gasteiger partial charge in [-0.25, -0.2) is 4.79 Å². The maximum Gasteiger partial charge on any atom is 0.412 e. The molecule has 0 radical (unpaired) electrons. The second-order valence-electron chi connectivity index (χ2n) is 6.85. The lowest BCUT2D eigenvalue weighted by atomic mass is 9.88. The van der Waals surface area contributed by atoms with Crippen LogP contribution in [0.4, 0.5) is 4.79 Å². The second kappa shape index (κ2) is 9.53. The third-order valence-electron chi connectivity index (χ3n) is 4.94. The fraction of sp³-hybridized carbons (Fsp3) is 0.409. The summed E-state index contributed by atoms with van der Waals surface area (Å²) in [4.78, 5) is 12.3. The lowest BCUT2D eigenvalue weighted by Gasteiger charge is -2.41. The molecule has 1 heterocycles. The highest BCUT2D eigenvalue weighted by Gasteiger charge is 2.38. The van der Waals surface area contributed by atoms with Crippen LogP contribution in [-0.2, 0) is 16.1 Å². The Hall–Kier alpha value is -2.37. The number of hydrogen-bond acceptors (Lipinski definition) is 4.